The molecule has 6 rings (SSSR count). The topological polar surface area (TPSA) is 15.8 Å². The molecule has 1 heteroatoms. The van der Waals surface area contributed by atoms with Crippen LogP contribution in [0.1, 0.15) is 38.8 Å². The first-order valence-electron chi connectivity index (χ1n) is 11.1. The molecule has 0 spiro atoms. The maximum atomic E-state index is 3.59. The average Bonchev–Trinajstić information content (AvgIpc) is 3.15. The lowest BCUT2D eigenvalue weighted by Gasteiger charge is -2.48. The minimum absolute atomic E-state index is 0.0519. The Hall–Kier alpha value is -3.32. The van der Waals surface area contributed by atoms with Gasteiger partial charge in [-0.2, -0.15) is 0 Å². The zero-order chi connectivity index (χ0) is 21.4. The van der Waals surface area contributed by atoms with Crippen LogP contribution in [0.2, 0.25) is 0 Å². The fourth-order valence-corrected chi connectivity index (χ4v) is 5.46. The highest BCUT2D eigenvalue weighted by atomic mass is 14.7. The Balaban J connectivity index is 1.56. The van der Waals surface area contributed by atoms with Gasteiger partial charge in [0.15, 0.2) is 0 Å². The molecule has 0 saturated carbocycles. The van der Waals surface area contributed by atoms with Crippen molar-refractivity contribution < 1.29 is 0 Å². The van der Waals surface area contributed by atoms with Crippen molar-refractivity contribution in [2.75, 3.05) is 0 Å². The van der Waals surface area contributed by atoms with Crippen molar-refractivity contribution in [3.05, 3.63) is 96.1 Å². The fourth-order valence-electron chi connectivity index (χ4n) is 5.46. The lowest BCUT2D eigenvalue weighted by atomic mass is 9.55. The summed E-state index contributed by atoms with van der Waals surface area (Å²) in [7, 11) is 0. The van der Waals surface area contributed by atoms with Crippen LogP contribution in [0.4, 0.5) is 0 Å². The molecular weight excluding hydrogens is 374 g/mol. The number of aromatic nitrogens is 1. The van der Waals surface area contributed by atoms with Crippen LogP contribution < -0.4 is 0 Å². The van der Waals surface area contributed by atoms with Crippen LogP contribution in [0.3, 0.4) is 0 Å². The van der Waals surface area contributed by atoms with E-state index >= 15 is 0 Å². The molecule has 0 saturated heterocycles. The molecular formula is C30H27N. The molecule has 0 fully saturated rings. The van der Waals surface area contributed by atoms with Crippen LogP contribution in [0.5, 0.6) is 0 Å². The number of nitrogens with one attached hydrogen (secondary N) is 1. The fraction of sp³-hybridized carbons (Fsp3) is 0.200. The highest BCUT2D eigenvalue weighted by molar-refractivity contribution is 6.08. The molecule has 1 nitrogen and oxygen atoms in total. The molecule has 1 aliphatic carbocycles. The molecule has 1 aliphatic rings. The standard InChI is InChI=1S/C30H27N/c1-29(2)25-11-7-5-9-21(25)24-17-19(14-16-26(24)30(29,3)4)20-13-15-23-22-10-6-8-12-27(22)31-28(23)18-20/h5-18,31H,1-4H3. The molecule has 0 amide bonds. The second kappa shape index (κ2) is 6.11. The predicted molar refractivity (Wildman–Crippen MR) is 133 cm³/mol. The van der Waals surface area contributed by atoms with Crippen LogP contribution >= 0.6 is 0 Å². The van der Waals surface area contributed by atoms with Gasteiger partial charge in [-0.3, -0.25) is 0 Å². The van der Waals surface area contributed by atoms with Gasteiger partial charge in [0.05, 0.1) is 0 Å². The zero-order valence-electron chi connectivity index (χ0n) is 18.6. The summed E-state index contributed by atoms with van der Waals surface area (Å²) >= 11 is 0. The number of fused-ring (bicyclic) bond motifs is 6. The summed E-state index contributed by atoms with van der Waals surface area (Å²) in [6.07, 6.45) is 0. The lowest BCUT2D eigenvalue weighted by Crippen LogP contribution is -2.43. The van der Waals surface area contributed by atoms with E-state index < -0.39 is 0 Å². The highest BCUT2D eigenvalue weighted by Crippen LogP contribution is 2.54. The Morgan fingerprint density at radius 2 is 1.13 bits per heavy atom. The average molecular weight is 402 g/mol. The Morgan fingerprint density at radius 1 is 0.516 bits per heavy atom. The van der Waals surface area contributed by atoms with Crippen molar-refractivity contribution in [1.82, 2.24) is 4.98 Å². The largest absolute Gasteiger partial charge is 0.354 e. The summed E-state index contributed by atoms with van der Waals surface area (Å²) in [6, 6.07) is 31.3. The van der Waals surface area contributed by atoms with Crippen LogP contribution in [0.25, 0.3) is 44.1 Å². The molecule has 0 bridgehead atoms. The number of H-pyrrole nitrogens is 1. The van der Waals surface area contributed by atoms with Crippen LogP contribution in [-0.4, -0.2) is 4.98 Å². The molecule has 0 radical (unpaired) electrons. The van der Waals surface area contributed by atoms with Gasteiger partial charge in [0, 0.05) is 21.8 Å². The van der Waals surface area contributed by atoms with Gasteiger partial charge in [-0.05, 0) is 62.4 Å². The van der Waals surface area contributed by atoms with Gasteiger partial charge in [0.25, 0.3) is 0 Å². The minimum Gasteiger partial charge on any atom is -0.354 e. The Bertz CT molecular complexity index is 1480. The number of hydrogen-bond donors (Lipinski definition) is 1. The first kappa shape index (κ1) is 18.4. The van der Waals surface area contributed by atoms with Crippen LogP contribution in [-0.2, 0) is 10.8 Å². The zero-order valence-corrected chi connectivity index (χ0v) is 18.6. The van der Waals surface area contributed by atoms with Crippen molar-refractivity contribution in [1.29, 1.82) is 0 Å². The summed E-state index contributed by atoms with van der Waals surface area (Å²) in [4.78, 5) is 3.59. The third-order valence-electron chi connectivity index (χ3n) is 7.99. The molecule has 0 atom stereocenters. The molecule has 1 N–H and O–H groups in total. The lowest BCUT2D eigenvalue weighted by molar-refractivity contribution is 0.299. The van der Waals surface area contributed by atoms with E-state index in [0.717, 1.165) is 0 Å². The Labute approximate surface area is 183 Å². The SMILES string of the molecule is CC1(C)c2ccccc2-c2cc(-c3ccc4c(c3)[nH]c3ccccc34)ccc2C1(C)C. The summed E-state index contributed by atoms with van der Waals surface area (Å²) in [6.45, 7) is 9.54. The maximum Gasteiger partial charge on any atom is 0.0471 e. The van der Waals surface area contributed by atoms with Crippen molar-refractivity contribution in [2.24, 2.45) is 0 Å². The second-order valence-electron chi connectivity index (χ2n) is 9.99. The van der Waals surface area contributed by atoms with Gasteiger partial charge in [-0.1, -0.05) is 94.4 Å². The molecule has 0 aliphatic heterocycles. The number of benzene rings is 4. The molecule has 4 aromatic carbocycles. The molecule has 1 aromatic heterocycles. The monoisotopic (exact) mass is 401 g/mol. The third-order valence-corrected chi connectivity index (χ3v) is 7.99. The van der Waals surface area contributed by atoms with E-state index in [1.807, 2.05) is 0 Å². The maximum absolute atomic E-state index is 3.59. The van der Waals surface area contributed by atoms with Gasteiger partial charge in [-0.15, -0.1) is 0 Å². The minimum atomic E-state index is 0.0519. The first-order valence-corrected chi connectivity index (χ1v) is 11.1. The number of aromatic amines is 1. The number of hydrogen-bond acceptors (Lipinski definition) is 0. The van der Waals surface area contributed by atoms with E-state index in [2.05, 4.69) is 118 Å². The summed E-state index contributed by atoms with van der Waals surface area (Å²) in [5, 5.41) is 2.57. The molecule has 0 unspecified atom stereocenters. The summed E-state index contributed by atoms with van der Waals surface area (Å²) in [5.74, 6) is 0. The summed E-state index contributed by atoms with van der Waals surface area (Å²) < 4.78 is 0. The normalized spacial score (nSPS) is 16.3. The quantitative estimate of drug-likeness (QED) is 0.291. The van der Waals surface area contributed by atoms with Crippen LogP contribution in [0, 0.1) is 0 Å². The van der Waals surface area contributed by atoms with E-state index in [1.165, 1.54) is 55.2 Å². The van der Waals surface area contributed by atoms with E-state index in [0.29, 0.717) is 0 Å². The summed E-state index contributed by atoms with van der Waals surface area (Å²) in [5.41, 5.74) is 10.6. The molecule has 1 heterocycles. The van der Waals surface area contributed by atoms with E-state index in [-0.39, 0.29) is 10.8 Å². The molecule has 152 valence electrons. The predicted octanol–water partition coefficient (Wildman–Crippen LogP) is 8.22. The first-order chi connectivity index (χ1) is 14.9. The van der Waals surface area contributed by atoms with Crippen molar-refractivity contribution in [2.45, 2.75) is 38.5 Å². The smallest absolute Gasteiger partial charge is 0.0471 e. The van der Waals surface area contributed by atoms with Crippen LogP contribution in [0.15, 0.2) is 84.9 Å². The second-order valence-corrected chi connectivity index (χ2v) is 9.99. The van der Waals surface area contributed by atoms with E-state index in [4.69, 9.17) is 0 Å². The van der Waals surface area contributed by atoms with Crippen molar-refractivity contribution >= 4 is 21.8 Å². The highest BCUT2D eigenvalue weighted by Gasteiger charge is 2.45. The number of rotatable bonds is 1. The van der Waals surface area contributed by atoms with Gasteiger partial charge in [0.1, 0.15) is 0 Å². The molecule has 31 heavy (non-hydrogen) atoms. The van der Waals surface area contributed by atoms with E-state index in [1.54, 1.807) is 0 Å². The van der Waals surface area contributed by atoms with Gasteiger partial charge in [0.2, 0.25) is 0 Å². The Kier molecular flexibility index (Phi) is 3.63. The van der Waals surface area contributed by atoms with Gasteiger partial charge >= 0.3 is 0 Å². The van der Waals surface area contributed by atoms with Gasteiger partial charge in [-0.25, -0.2) is 0 Å². The molecule has 5 aromatic rings. The van der Waals surface area contributed by atoms with E-state index in [9.17, 15) is 0 Å². The third kappa shape index (κ3) is 2.44. The van der Waals surface area contributed by atoms with Gasteiger partial charge < -0.3 is 4.98 Å². The Morgan fingerprint density at radius 3 is 1.97 bits per heavy atom. The van der Waals surface area contributed by atoms with Crippen molar-refractivity contribution in [3.8, 4) is 22.3 Å². The van der Waals surface area contributed by atoms with Crippen molar-refractivity contribution in [3.63, 3.8) is 0 Å². The number of para-hydroxylation sites is 1.